The molecule has 4 heteroatoms. The van der Waals surface area contributed by atoms with Crippen molar-refractivity contribution in [2.24, 2.45) is 0 Å². The van der Waals surface area contributed by atoms with Gasteiger partial charge in [-0.1, -0.05) is 107 Å². The fourth-order valence-electron chi connectivity index (χ4n) is 8.87. The summed E-state index contributed by atoms with van der Waals surface area (Å²) < 4.78 is 2.68. The molecule has 0 amide bonds. The molecule has 3 aliphatic heterocycles. The molecule has 0 bridgehead atoms. The van der Waals surface area contributed by atoms with Gasteiger partial charge in [0.15, 0.2) is 0 Å². The molecule has 0 N–H and O–H groups in total. The number of hydrogen-bond donors (Lipinski definition) is 0. The van der Waals surface area contributed by atoms with E-state index in [9.17, 15) is 0 Å². The highest BCUT2D eigenvalue weighted by atomic mass is 32.1. The van der Waals surface area contributed by atoms with Crippen LogP contribution in [0.4, 0.5) is 28.4 Å². The highest BCUT2D eigenvalue weighted by Crippen LogP contribution is 2.55. The molecule has 0 spiro atoms. The second-order valence-corrected chi connectivity index (χ2v) is 16.6. The van der Waals surface area contributed by atoms with Crippen LogP contribution in [0.1, 0.15) is 56.9 Å². The largest absolute Gasteiger partial charge is 0.376 e. The highest BCUT2D eigenvalue weighted by Gasteiger charge is 2.49. The van der Waals surface area contributed by atoms with E-state index in [-0.39, 0.29) is 17.7 Å². The van der Waals surface area contributed by atoms with Crippen molar-refractivity contribution in [1.82, 2.24) is 0 Å². The van der Waals surface area contributed by atoms with E-state index in [0.717, 1.165) is 0 Å². The van der Waals surface area contributed by atoms with Crippen molar-refractivity contribution in [3.05, 3.63) is 138 Å². The fourth-order valence-corrected chi connectivity index (χ4v) is 10.00. The number of benzene rings is 6. The molecule has 10 rings (SSSR count). The summed E-state index contributed by atoms with van der Waals surface area (Å²) in [5.74, 6) is 0. The van der Waals surface area contributed by atoms with E-state index < -0.39 is 0 Å². The lowest BCUT2D eigenvalue weighted by Gasteiger charge is -2.50. The first-order valence-corrected chi connectivity index (χ1v) is 18.0. The summed E-state index contributed by atoms with van der Waals surface area (Å²) in [7, 11) is 0. The average Bonchev–Trinajstić information content (AvgIpc) is 3.44. The maximum Gasteiger partial charge on any atom is 0.333 e. The van der Waals surface area contributed by atoms with E-state index in [4.69, 9.17) is 0 Å². The molecule has 1 aromatic heterocycles. The molecule has 0 unspecified atom stereocenters. The summed E-state index contributed by atoms with van der Waals surface area (Å²) in [5, 5.41) is 2.67. The van der Waals surface area contributed by atoms with Gasteiger partial charge in [0.2, 0.25) is 0 Å². The lowest BCUT2D eigenvalue weighted by Crippen LogP contribution is -2.62. The summed E-state index contributed by atoms with van der Waals surface area (Å²) >= 11 is 1.91. The minimum atomic E-state index is -0.129. The Kier molecular flexibility index (Phi) is 5.54. The molecule has 48 heavy (non-hydrogen) atoms. The number of aryl methyl sites for hydroxylation is 1. The molecule has 7 aromatic rings. The van der Waals surface area contributed by atoms with E-state index in [1.54, 1.807) is 0 Å². The number of para-hydroxylation sites is 2. The van der Waals surface area contributed by atoms with Crippen LogP contribution in [0.15, 0.2) is 115 Å². The molecule has 2 nitrogen and oxygen atoms in total. The van der Waals surface area contributed by atoms with E-state index in [2.05, 4.69) is 167 Å². The third kappa shape index (κ3) is 3.64. The third-order valence-electron chi connectivity index (χ3n) is 11.2. The summed E-state index contributed by atoms with van der Waals surface area (Å²) in [4.78, 5) is 5.26. The van der Waals surface area contributed by atoms with Gasteiger partial charge in [-0.3, -0.25) is 0 Å². The summed E-state index contributed by atoms with van der Waals surface area (Å²) in [5.41, 5.74) is 17.2. The van der Waals surface area contributed by atoms with Gasteiger partial charge in [-0.05, 0) is 93.5 Å². The zero-order valence-corrected chi connectivity index (χ0v) is 29.2. The highest BCUT2D eigenvalue weighted by molar-refractivity contribution is 7.25. The van der Waals surface area contributed by atoms with Gasteiger partial charge in [-0.15, -0.1) is 11.3 Å². The number of anilines is 5. The van der Waals surface area contributed by atoms with E-state index in [0.29, 0.717) is 0 Å². The average molecular weight is 637 g/mol. The van der Waals surface area contributed by atoms with Crippen LogP contribution in [0.2, 0.25) is 0 Å². The van der Waals surface area contributed by atoms with Crippen LogP contribution in [0, 0.1) is 6.92 Å². The Morgan fingerprint density at radius 3 is 2.21 bits per heavy atom. The second-order valence-electron chi connectivity index (χ2n) is 15.5. The molecule has 4 heterocycles. The fraction of sp³-hybridized carbons (Fsp3) is 0.182. The van der Waals surface area contributed by atoms with Crippen LogP contribution < -0.4 is 20.6 Å². The van der Waals surface area contributed by atoms with Gasteiger partial charge in [0.1, 0.15) is 0 Å². The van der Waals surface area contributed by atoms with E-state index in [1.807, 2.05) is 11.3 Å². The van der Waals surface area contributed by atoms with Crippen molar-refractivity contribution in [1.29, 1.82) is 0 Å². The minimum absolute atomic E-state index is 0.0261. The molecule has 0 radical (unpaired) electrons. The van der Waals surface area contributed by atoms with Gasteiger partial charge in [0.05, 0.1) is 5.69 Å². The zero-order valence-electron chi connectivity index (χ0n) is 28.3. The number of nitrogens with zero attached hydrogens (tertiary/aromatic N) is 2. The standard InChI is InChI=1S/C44H37BN2S/c1-26-22-32-30-25-40-31(29-12-7-10-17-39(29)48-40)24-37(30)47(28-20-18-27(19-21-28)43(2,3)4)45-35-15-11-14-34-42(35)46(38(23-26)41(32)45)36-16-9-8-13-33(36)44(34,5)6/h7-25H,1-6H3. The number of thiophene rings is 1. The van der Waals surface area contributed by atoms with Crippen molar-refractivity contribution in [2.45, 2.75) is 52.4 Å². The Labute approximate surface area is 287 Å². The monoisotopic (exact) mass is 636 g/mol. The Hall–Kier alpha value is -4.80. The molecule has 0 saturated heterocycles. The molecular weight excluding hydrogens is 599 g/mol. The van der Waals surface area contributed by atoms with Crippen molar-refractivity contribution in [2.75, 3.05) is 9.71 Å². The van der Waals surface area contributed by atoms with Crippen LogP contribution in [-0.2, 0) is 10.8 Å². The Morgan fingerprint density at radius 1 is 0.646 bits per heavy atom. The molecule has 6 aromatic carbocycles. The molecule has 3 aliphatic rings. The maximum atomic E-state index is 2.66. The van der Waals surface area contributed by atoms with Crippen LogP contribution in [-0.4, -0.2) is 6.85 Å². The van der Waals surface area contributed by atoms with E-state index in [1.165, 1.54) is 92.9 Å². The van der Waals surface area contributed by atoms with Gasteiger partial charge in [-0.2, -0.15) is 0 Å². The van der Waals surface area contributed by atoms with E-state index >= 15 is 0 Å². The van der Waals surface area contributed by atoms with Crippen molar-refractivity contribution in [3.63, 3.8) is 0 Å². The normalized spacial score (nSPS) is 15.3. The van der Waals surface area contributed by atoms with Gasteiger partial charge in [0.25, 0.3) is 0 Å². The van der Waals surface area contributed by atoms with Gasteiger partial charge >= 0.3 is 6.85 Å². The predicted molar refractivity (Wildman–Crippen MR) is 209 cm³/mol. The second kappa shape index (κ2) is 9.42. The quantitative estimate of drug-likeness (QED) is 0.166. The molecular formula is C44H37BN2S. The molecule has 232 valence electrons. The maximum absolute atomic E-state index is 2.66. The molecule has 0 saturated carbocycles. The number of fused-ring (bicyclic) bond motifs is 9. The summed E-state index contributed by atoms with van der Waals surface area (Å²) in [6.45, 7) is 14.0. The van der Waals surface area contributed by atoms with Crippen LogP contribution in [0.5, 0.6) is 0 Å². The summed E-state index contributed by atoms with van der Waals surface area (Å²) in [6, 6.07) is 44.3. The topological polar surface area (TPSA) is 6.48 Å². The Balaban J connectivity index is 1.35. The SMILES string of the molecule is Cc1cc2c3c(c1)N1c4ccccc4C(C)(C)c4cccc(c41)B3N(c1ccc(C(C)(C)C)cc1)c1cc3c(cc1-2)sc1ccccc13. The number of rotatable bonds is 1. The Bertz CT molecular complexity index is 2500. The van der Waals surface area contributed by atoms with Gasteiger partial charge in [0, 0.05) is 53.9 Å². The third-order valence-corrected chi connectivity index (χ3v) is 12.3. The first-order chi connectivity index (χ1) is 23.1. The van der Waals surface area contributed by atoms with Crippen LogP contribution in [0.25, 0.3) is 31.3 Å². The van der Waals surface area contributed by atoms with Crippen molar-refractivity contribution >= 4 is 77.7 Å². The Morgan fingerprint density at radius 2 is 1.40 bits per heavy atom. The van der Waals surface area contributed by atoms with Gasteiger partial charge < -0.3 is 9.71 Å². The lowest BCUT2D eigenvalue weighted by molar-refractivity contribution is 0.590. The lowest BCUT2D eigenvalue weighted by atomic mass is 9.42. The van der Waals surface area contributed by atoms with Gasteiger partial charge in [-0.25, -0.2) is 0 Å². The first kappa shape index (κ1) is 28.2. The smallest absolute Gasteiger partial charge is 0.333 e. The first-order valence-electron chi connectivity index (χ1n) is 17.1. The number of hydrogen-bond acceptors (Lipinski definition) is 3. The minimum Gasteiger partial charge on any atom is -0.376 e. The van der Waals surface area contributed by atoms with Crippen molar-refractivity contribution < 1.29 is 0 Å². The molecule has 0 atom stereocenters. The molecule has 0 fully saturated rings. The van der Waals surface area contributed by atoms with Crippen LogP contribution >= 0.6 is 11.3 Å². The van der Waals surface area contributed by atoms with Crippen LogP contribution in [0.3, 0.4) is 0 Å². The summed E-state index contributed by atoms with van der Waals surface area (Å²) in [6.07, 6.45) is 0. The predicted octanol–water partition coefficient (Wildman–Crippen LogP) is 11.0. The zero-order chi connectivity index (χ0) is 32.7. The molecule has 0 aliphatic carbocycles. The van der Waals surface area contributed by atoms with Crippen molar-refractivity contribution in [3.8, 4) is 11.1 Å².